The fraction of sp³-hybridized carbons (Fsp3) is 0.273. The van der Waals surface area contributed by atoms with Crippen LogP contribution < -0.4 is 5.76 Å². The summed E-state index contributed by atoms with van der Waals surface area (Å²) in [7, 11) is 0. The summed E-state index contributed by atoms with van der Waals surface area (Å²) < 4.78 is 5.74. The van der Waals surface area contributed by atoms with Gasteiger partial charge >= 0.3 is 5.76 Å². The zero-order valence-electron chi connectivity index (χ0n) is 9.58. The van der Waals surface area contributed by atoms with Crippen molar-refractivity contribution in [1.82, 2.24) is 4.57 Å². The number of hydrogen-bond donors (Lipinski definition) is 0. The zero-order chi connectivity index (χ0) is 13.3. The van der Waals surface area contributed by atoms with E-state index in [0.29, 0.717) is 6.42 Å². The average Bonchev–Trinajstić information content (AvgIpc) is 2.63. The molecule has 0 bridgehead atoms. The van der Waals surface area contributed by atoms with Crippen molar-refractivity contribution in [1.29, 1.82) is 0 Å². The van der Waals surface area contributed by atoms with E-state index < -0.39 is 10.7 Å². The van der Waals surface area contributed by atoms with Crippen LogP contribution in [-0.4, -0.2) is 15.4 Å². The molecule has 0 unspecified atom stereocenters. The number of hydrogen-bond acceptors (Lipinski definition) is 5. The molecule has 7 heteroatoms. The molecule has 0 saturated heterocycles. The summed E-state index contributed by atoms with van der Waals surface area (Å²) >= 11 is 0. The summed E-state index contributed by atoms with van der Waals surface area (Å²) in [6.07, 6.45) is 0.816. The Balaban J connectivity index is 2.63. The Kier molecular flexibility index (Phi) is 2.97. The lowest BCUT2D eigenvalue weighted by Crippen LogP contribution is -2.21. The molecule has 1 aromatic heterocycles. The second kappa shape index (κ2) is 4.44. The molecule has 1 heterocycles. The average molecular weight is 250 g/mol. The van der Waals surface area contributed by atoms with Crippen LogP contribution >= 0.6 is 0 Å². The number of oxazole rings is 1. The highest BCUT2D eigenvalue weighted by Crippen LogP contribution is 2.20. The van der Waals surface area contributed by atoms with Crippen molar-refractivity contribution in [2.45, 2.75) is 19.8 Å². The number of carbonyl (C=O) groups excluding carboxylic acids is 1. The van der Waals surface area contributed by atoms with Crippen LogP contribution in [0.1, 0.15) is 24.6 Å². The molecule has 0 aliphatic rings. The Morgan fingerprint density at radius 3 is 2.83 bits per heavy atom. The maximum atomic E-state index is 11.7. The summed E-state index contributed by atoms with van der Waals surface area (Å²) in [5.41, 5.74) is 0.106. The lowest BCUT2D eigenvalue weighted by Gasteiger charge is -1.98. The van der Waals surface area contributed by atoms with Gasteiger partial charge in [-0.2, -0.15) is 0 Å². The first-order valence-corrected chi connectivity index (χ1v) is 5.37. The Bertz CT molecular complexity index is 682. The van der Waals surface area contributed by atoms with E-state index in [9.17, 15) is 19.7 Å². The molecule has 0 fully saturated rings. The Labute approximate surface area is 101 Å². The fourth-order valence-corrected chi connectivity index (χ4v) is 1.68. The van der Waals surface area contributed by atoms with E-state index in [-0.39, 0.29) is 29.1 Å². The van der Waals surface area contributed by atoms with Crippen molar-refractivity contribution in [3.05, 3.63) is 38.9 Å². The fourth-order valence-electron chi connectivity index (χ4n) is 1.68. The van der Waals surface area contributed by atoms with Crippen LogP contribution in [-0.2, 0) is 0 Å². The predicted octanol–water partition coefficient (Wildman–Crippen LogP) is 1.94. The second-order valence-electron chi connectivity index (χ2n) is 3.76. The van der Waals surface area contributed by atoms with E-state index in [1.54, 1.807) is 0 Å². The van der Waals surface area contributed by atoms with Crippen LogP contribution in [0.25, 0.3) is 11.1 Å². The highest BCUT2D eigenvalue weighted by atomic mass is 16.6. The molecule has 0 aliphatic carbocycles. The van der Waals surface area contributed by atoms with Gasteiger partial charge in [0, 0.05) is 12.5 Å². The normalized spacial score (nSPS) is 10.7. The van der Waals surface area contributed by atoms with E-state index in [2.05, 4.69) is 0 Å². The van der Waals surface area contributed by atoms with Gasteiger partial charge in [-0.25, -0.2) is 9.36 Å². The number of fused-ring (bicyclic) bond motifs is 1. The molecule has 0 atom stereocenters. The van der Waals surface area contributed by atoms with E-state index >= 15 is 0 Å². The Morgan fingerprint density at radius 2 is 2.22 bits per heavy atom. The maximum Gasteiger partial charge on any atom is 0.426 e. The minimum absolute atomic E-state index is 0.0404. The second-order valence-corrected chi connectivity index (χ2v) is 3.76. The van der Waals surface area contributed by atoms with Gasteiger partial charge in [-0.1, -0.05) is 6.92 Å². The first-order valence-electron chi connectivity index (χ1n) is 5.37. The molecule has 0 spiro atoms. The molecule has 0 N–H and O–H groups in total. The lowest BCUT2D eigenvalue weighted by molar-refractivity contribution is -0.384. The minimum atomic E-state index is -0.816. The van der Waals surface area contributed by atoms with Gasteiger partial charge in [0.05, 0.1) is 16.5 Å². The zero-order valence-corrected chi connectivity index (χ0v) is 9.58. The molecular weight excluding hydrogens is 240 g/mol. The van der Waals surface area contributed by atoms with Crippen molar-refractivity contribution >= 4 is 22.7 Å². The van der Waals surface area contributed by atoms with E-state index in [0.717, 1.165) is 10.6 Å². The highest BCUT2D eigenvalue weighted by Gasteiger charge is 2.17. The Morgan fingerprint density at radius 1 is 1.50 bits per heavy atom. The molecule has 18 heavy (non-hydrogen) atoms. The predicted molar refractivity (Wildman–Crippen MR) is 62.7 cm³/mol. The van der Waals surface area contributed by atoms with Crippen molar-refractivity contribution < 1.29 is 14.1 Å². The summed E-state index contributed by atoms with van der Waals surface area (Å²) in [6.45, 7) is 1.82. The van der Waals surface area contributed by atoms with Gasteiger partial charge in [0.15, 0.2) is 5.58 Å². The molecule has 0 saturated carbocycles. The molecule has 1 aromatic carbocycles. The van der Waals surface area contributed by atoms with Crippen LogP contribution in [0, 0.1) is 10.1 Å². The van der Waals surface area contributed by atoms with Gasteiger partial charge in [-0.05, 0) is 12.5 Å². The quantitative estimate of drug-likeness (QED) is 0.612. The molecule has 0 radical (unpaired) electrons. The first-order chi connectivity index (χ1) is 8.54. The summed E-state index contributed by atoms with van der Waals surface area (Å²) in [5.74, 6) is -1.20. The number of rotatable bonds is 3. The lowest BCUT2D eigenvalue weighted by atomic mass is 10.2. The van der Waals surface area contributed by atoms with Crippen molar-refractivity contribution in [3.8, 4) is 0 Å². The highest BCUT2D eigenvalue weighted by molar-refractivity contribution is 5.89. The molecule has 94 valence electrons. The third-order valence-electron chi connectivity index (χ3n) is 2.49. The molecule has 2 rings (SSSR count). The summed E-state index contributed by atoms with van der Waals surface area (Å²) in [4.78, 5) is 33.3. The number of non-ortho nitro benzene ring substituents is 1. The SMILES string of the molecule is CCCC(=O)n1c(=O)oc2cc([N+](=O)[O-])ccc21. The summed E-state index contributed by atoms with van der Waals surface area (Å²) in [5, 5.41) is 10.6. The van der Waals surface area contributed by atoms with E-state index in [4.69, 9.17) is 4.42 Å². The largest absolute Gasteiger partial charge is 0.426 e. The van der Waals surface area contributed by atoms with Crippen molar-refractivity contribution in [2.75, 3.05) is 0 Å². The number of nitro groups is 1. The van der Waals surface area contributed by atoms with Gasteiger partial charge in [-0.3, -0.25) is 14.9 Å². The monoisotopic (exact) mass is 250 g/mol. The van der Waals surface area contributed by atoms with Gasteiger partial charge in [0.25, 0.3) is 5.69 Å². The molecule has 2 aromatic rings. The topological polar surface area (TPSA) is 95.3 Å². The first kappa shape index (κ1) is 12.0. The minimum Gasteiger partial charge on any atom is -0.407 e. The Hall–Kier alpha value is -2.44. The van der Waals surface area contributed by atoms with Crippen molar-refractivity contribution in [2.24, 2.45) is 0 Å². The van der Waals surface area contributed by atoms with E-state index in [1.807, 2.05) is 6.92 Å². The third-order valence-corrected chi connectivity index (χ3v) is 2.49. The van der Waals surface area contributed by atoms with Gasteiger partial charge in [0.2, 0.25) is 5.91 Å². The number of nitrogens with zero attached hydrogens (tertiary/aromatic N) is 2. The van der Waals surface area contributed by atoms with Crippen LogP contribution in [0.15, 0.2) is 27.4 Å². The van der Waals surface area contributed by atoms with E-state index in [1.165, 1.54) is 12.1 Å². The van der Waals surface area contributed by atoms with Crippen LogP contribution in [0.4, 0.5) is 5.69 Å². The molecule has 0 amide bonds. The number of nitro benzene ring substituents is 1. The third kappa shape index (κ3) is 1.90. The number of benzene rings is 1. The van der Waals surface area contributed by atoms with Gasteiger partial charge < -0.3 is 4.42 Å². The van der Waals surface area contributed by atoms with Crippen LogP contribution in [0.3, 0.4) is 0 Å². The smallest absolute Gasteiger partial charge is 0.407 e. The van der Waals surface area contributed by atoms with Gasteiger partial charge in [-0.15, -0.1) is 0 Å². The summed E-state index contributed by atoms with van der Waals surface area (Å²) in [6, 6.07) is 3.70. The maximum absolute atomic E-state index is 11.7. The molecular formula is C11H10N2O5. The van der Waals surface area contributed by atoms with Gasteiger partial charge in [0.1, 0.15) is 0 Å². The van der Waals surface area contributed by atoms with Crippen LogP contribution in [0.2, 0.25) is 0 Å². The van der Waals surface area contributed by atoms with Crippen molar-refractivity contribution in [3.63, 3.8) is 0 Å². The van der Waals surface area contributed by atoms with Crippen LogP contribution in [0.5, 0.6) is 0 Å². The number of carbonyl (C=O) groups is 1. The molecule has 7 nitrogen and oxygen atoms in total. The standard InChI is InChI=1S/C11H10N2O5/c1-2-3-10(14)12-8-5-4-7(13(16)17)6-9(8)18-11(12)15/h4-6H,2-3H2,1H3. The molecule has 0 aliphatic heterocycles. The number of aromatic nitrogens is 1.